The Morgan fingerprint density at radius 1 is 1.00 bits per heavy atom. The minimum absolute atomic E-state index is 0.00117. The first-order valence-electron chi connectivity index (χ1n) is 8.81. The normalized spacial score (nSPS) is 11.4. The van der Waals surface area contributed by atoms with Gasteiger partial charge in [0.25, 0.3) is 15.9 Å². The molecule has 0 saturated heterocycles. The van der Waals surface area contributed by atoms with E-state index in [1.807, 2.05) is 0 Å². The fourth-order valence-corrected chi connectivity index (χ4v) is 4.13. The predicted molar refractivity (Wildman–Crippen MR) is 116 cm³/mol. The minimum atomic E-state index is -4.03. The first-order chi connectivity index (χ1) is 14.4. The lowest BCUT2D eigenvalue weighted by atomic mass is 10.2. The zero-order valence-corrected chi connectivity index (χ0v) is 17.2. The summed E-state index contributed by atoms with van der Waals surface area (Å²) in [5.41, 5.74) is 3.02. The largest absolute Gasteiger partial charge is 0.507 e. The third-order valence-electron chi connectivity index (χ3n) is 4.06. The molecule has 7 nitrogen and oxygen atoms in total. The molecular formula is C21H18ClN3O4S. The van der Waals surface area contributed by atoms with Crippen molar-refractivity contribution in [3.05, 3.63) is 89.4 Å². The number of anilines is 1. The van der Waals surface area contributed by atoms with Crippen molar-refractivity contribution in [2.45, 2.75) is 4.90 Å². The minimum Gasteiger partial charge on any atom is -0.507 e. The fraction of sp³-hybridized carbons (Fsp3) is 0.0476. The number of carbonyl (C=O) groups is 1. The van der Waals surface area contributed by atoms with Crippen molar-refractivity contribution in [2.75, 3.05) is 10.8 Å². The maximum atomic E-state index is 13.2. The molecule has 154 valence electrons. The van der Waals surface area contributed by atoms with Gasteiger partial charge in [0.15, 0.2) is 0 Å². The zero-order chi connectivity index (χ0) is 21.6. The van der Waals surface area contributed by atoms with Crippen molar-refractivity contribution < 1.29 is 18.3 Å². The smallest absolute Gasteiger partial charge is 0.264 e. The summed E-state index contributed by atoms with van der Waals surface area (Å²) in [4.78, 5) is 12.4. The van der Waals surface area contributed by atoms with Crippen molar-refractivity contribution in [3.63, 3.8) is 0 Å². The maximum Gasteiger partial charge on any atom is 0.264 e. The molecule has 3 rings (SSSR count). The van der Waals surface area contributed by atoms with Crippen molar-refractivity contribution in [3.8, 4) is 5.75 Å². The van der Waals surface area contributed by atoms with Gasteiger partial charge in [-0.2, -0.15) is 5.10 Å². The van der Waals surface area contributed by atoms with Crippen molar-refractivity contribution in [1.82, 2.24) is 5.43 Å². The predicted octanol–water partition coefficient (Wildman–Crippen LogP) is 3.39. The molecule has 0 spiro atoms. The lowest BCUT2D eigenvalue weighted by Gasteiger charge is -2.23. The second-order valence-corrected chi connectivity index (χ2v) is 8.45. The summed E-state index contributed by atoms with van der Waals surface area (Å²) in [5, 5.41) is 13.9. The number of para-hydroxylation sites is 2. The molecule has 0 bridgehead atoms. The highest BCUT2D eigenvalue weighted by Gasteiger charge is 2.27. The van der Waals surface area contributed by atoms with Gasteiger partial charge in [0.1, 0.15) is 12.3 Å². The summed E-state index contributed by atoms with van der Waals surface area (Å²) in [6.45, 7) is -0.493. The Kier molecular flexibility index (Phi) is 6.71. The molecule has 0 radical (unpaired) electrons. The van der Waals surface area contributed by atoms with Gasteiger partial charge >= 0.3 is 0 Å². The van der Waals surface area contributed by atoms with Crippen LogP contribution in [0.5, 0.6) is 5.75 Å². The number of nitrogens with one attached hydrogen (secondary N) is 1. The Hall–Kier alpha value is -3.36. The fourth-order valence-electron chi connectivity index (χ4n) is 2.58. The van der Waals surface area contributed by atoms with Gasteiger partial charge in [-0.05, 0) is 48.5 Å². The van der Waals surface area contributed by atoms with E-state index >= 15 is 0 Å². The highest BCUT2D eigenvalue weighted by molar-refractivity contribution is 7.92. The van der Waals surface area contributed by atoms with Crippen LogP contribution in [0.1, 0.15) is 5.56 Å². The number of hydrogen-bond donors (Lipinski definition) is 2. The first kappa shape index (κ1) is 21.4. The molecule has 2 N–H and O–H groups in total. The summed E-state index contributed by atoms with van der Waals surface area (Å²) in [6.07, 6.45) is 1.27. The van der Waals surface area contributed by atoms with Gasteiger partial charge in [0.2, 0.25) is 0 Å². The molecule has 0 unspecified atom stereocenters. The van der Waals surface area contributed by atoms with E-state index in [2.05, 4.69) is 10.5 Å². The molecule has 1 amide bonds. The highest BCUT2D eigenvalue weighted by atomic mass is 35.5. The van der Waals surface area contributed by atoms with Crippen LogP contribution in [0.2, 0.25) is 5.02 Å². The van der Waals surface area contributed by atoms with Gasteiger partial charge in [-0.3, -0.25) is 9.10 Å². The van der Waals surface area contributed by atoms with Crippen LogP contribution in [0.4, 0.5) is 5.69 Å². The van der Waals surface area contributed by atoms with Crippen LogP contribution in [-0.4, -0.2) is 32.2 Å². The summed E-state index contributed by atoms with van der Waals surface area (Å²) < 4.78 is 27.3. The molecule has 0 saturated carbocycles. The van der Waals surface area contributed by atoms with Crippen LogP contribution in [0, 0.1) is 0 Å². The summed E-state index contributed by atoms with van der Waals surface area (Å²) in [6, 6.07) is 20.4. The second-order valence-electron chi connectivity index (χ2n) is 6.15. The Labute approximate surface area is 179 Å². The van der Waals surface area contributed by atoms with E-state index in [0.717, 1.165) is 4.31 Å². The van der Waals surface area contributed by atoms with Gasteiger partial charge in [-0.1, -0.05) is 41.9 Å². The molecule has 0 heterocycles. The van der Waals surface area contributed by atoms with Crippen LogP contribution in [0.15, 0.2) is 88.9 Å². The standard InChI is InChI=1S/C21H18ClN3O4S/c22-17-10-12-19(13-11-17)30(28,29)25(18-7-2-1-3-8-18)15-21(27)24-23-14-16-6-4-5-9-20(16)26/h1-14,26H,15H2,(H,24,27)/b23-14-. The van der Waals surface area contributed by atoms with Crippen LogP contribution >= 0.6 is 11.6 Å². The van der Waals surface area contributed by atoms with Crippen LogP contribution in [0.3, 0.4) is 0 Å². The number of aromatic hydroxyl groups is 1. The molecule has 3 aromatic carbocycles. The van der Waals surface area contributed by atoms with E-state index in [1.165, 1.54) is 36.5 Å². The van der Waals surface area contributed by atoms with Crippen molar-refractivity contribution in [2.24, 2.45) is 5.10 Å². The number of sulfonamides is 1. The Morgan fingerprint density at radius 2 is 1.63 bits per heavy atom. The molecule has 3 aromatic rings. The average Bonchev–Trinajstić information content (AvgIpc) is 2.74. The molecule has 0 aromatic heterocycles. The van der Waals surface area contributed by atoms with E-state index in [-0.39, 0.29) is 10.6 Å². The summed E-state index contributed by atoms with van der Waals surface area (Å²) >= 11 is 5.86. The number of hydrazone groups is 1. The number of benzene rings is 3. The van der Waals surface area contributed by atoms with Gasteiger partial charge < -0.3 is 5.11 Å². The molecule has 9 heteroatoms. The molecule has 0 fully saturated rings. The van der Waals surface area contributed by atoms with E-state index in [1.54, 1.807) is 48.5 Å². The number of nitrogens with zero attached hydrogens (tertiary/aromatic N) is 2. The number of hydrogen-bond acceptors (Lipinski definition) is 5. The number of phenols is 1. The number of carbonyl (C=O) groups excluding carboxylic acids is 1. The van der Waals surface area contributed by atoms with Gasteiger partial charge in [0.05, 0.1) is 16.8 Å². The molecule has 0 atom stereocenters. The van der Waals surface area contributed by atoms with Crippen molar-refractivity contribution in [1.29, 1.82) is 0 Å². The SMILES string of the molecule is O=C(CN(c1ccccc1)S(=O)(=O)c1ccc(Cl)cc1)N/N=C\c1ccccc1O. The van der Waals surface area contributed by atoms with Gasteiger partial charge in [-0.25, -0.2) is 13.8 Å². The van der Waals surface area contributed by atoms with Gasteiger partial charge in [0, 0.05) is 10.6 Å². The van der Waals surface area contributed by atoms with E-state index in [0.29, 0.717) is 16.3 Å². The summed E-state index contributed by atoms with van der Waals surface area (Å²) in [7, 11) is -4.03. The van der Waals surface area contributed by atoms with E-state index in [4.69, 9.17) is 11.6 Å². The third-order valence-corrected chi connectivity index (χ3v) is 6.10. The first-order valence-corrected chi connectivity index (χ1v) is 10.6. The van der Waals surface area contributed by atoms with Crippen LogP contribution in [-0.2, 0) is 14.8 Å². The van der Waals surface area contributed by atoms with E-state index in [9.17, 15) is 18.3 Å². The molecule has 30 heavy (non-hydrogen) atoms. The number of rotatable bonds is 7. The lowest BCUT2D eigenvalue weighted by molar-refractivity contribution is -0.119. The number of phenolic OH excluding ortho intramolecular Hbond substituents is 1. The Morgan fingerprint density at radius 3 is 2.30 bits per heavy atom. The van der Waals surface area contributed by atoms with Crippen LogP contribution < -0.4 is 9.73 Å². The average molecular weight is 444 g/mol. The Bertz CT molecular complexity index is 1150. The van der Waals surface area contributed by atoms with Gasteiger partial charge in [-0.15, -0.1) is 0 Å². The third kappa shape index (κ3) is 5.16. The Balaban J connectivity index is 1.82. The molecule has 0 aliphatic carbocycles. The molecule has 0 aliphatic heterocycles. The topological polar surface area (TPSA) is 99.1 Å². The quantitative estimate of drug-likeness (QED) is 0.432. The van der Waals surface area contributed by atoms with Crippen molar-refractivity contribution >= 4 is 39.4 Å². The van der Waals surface area contributed by atoms with Crippen LogP contribution in [0.25, 0.3) is 0 Å². The molecular weight excluding hydrogens is 426 g/mol. The maximum absolute atomic E-state index is 13.2. The lowest BCUT2D eigenvalue weighted by Crippen LogP contribution is -2.39. The van der Waals surface area contributed by atoms with E-state index < -0.39 is 22.5 Å². The zero-order valence-electron chi connectivity index (χ0n) is 15.6. The second kappa shape index (κ2) is 9.43. The number of halogens is 1. The monoisotopic (exact) mass is 443 g/mol. The molecule has 0 aliphatic rings. The summed E-state index contributed by atoms with van der Waals surface area (Å²) in [5.74, 6) is -0.644. The highest BCUT2D eigenvalue weighted by Crippen LogP contribution is 2.24. The number of amides is 1.